The van der Waals surface area contributed by atoms with Crippen molar-refractivity contribution in [3.8, 4) is 0 Å². The highest BCUT2D eigenvalue weighted by Crippen LogP contribution is 2.18. The zero-order valence-electron chi connectivity index (χ0n) is 10.0. The van der Waals surface area contributed by atoms with E-state index in [1.807, 2.05) is 6.07 Å². The summed E-state index contributed by atoms with van der Waals surface area (Å²) in [6, 6.07) is 3.54. The lowest BCUT2D eigenvalue weighted by Crippen LogP contribution is -2.03. The molecule has 0 spiro atoms. The molecule has 0 radical (unpaired) electrons. The number of rotatable bonds is 6. The molecule has 94 valence electrons. The van der Waals surface area contributed by atoms with Gasteiger partial charge in [-0.15, -0.1) is 0 Å². The number of hydrogen-bond donors (Lipinski definition) is 1. The molecule has 1 heterocycles. The third-order valence-electron chi connectivity index (χ3n) is 2.30. The maximum absolute atomic E-state index is 11.2. The quantitative estimate of drug-likeness (QED) is 0.786. The van der Waals surface area contributed by atoms with Gasteiger partial charge in [0.05, 0.1) is 18.4 Å². The van der Waals surface area contributed by atoms with Gasteiger partial charge in [0, 0.05) is 23.8 Å². The van der Waals surface area contributed by atoms with Gasteiger partial charge in [-0.2, -0.15) is 11.8 Å². The van der Waals surface area contributed by atoms with E-state index in [0.29, 0.717) is 10.8 Å². The maximum Gasteiger partial charge on any atom is 0.339 e. The second-order valence-electron chi connectivity index (χ2n) is 3.66. The summed E-state index contributed by atoms with van der Waals surface area (Å²) in [6.45, 7) is 2.28. The van der Waals surface area contributed by atoms with Crippen molar-refractivity contribution in [3.63, 3.8) is 0 Å². The molecule has 4 nitrogen and oxygen atoms in total. The second-order valence-corrected chi connectivity index (χ2v) is 5.09. The number of ether oxygens (including phenoxy) is 1. The van der Waals surface area contributed by atoms with Gasteiger partial charge >= 0.3 is 5.97 Å². The molecule has 1 unspecified atom stereocenters. The van der Waals surface area contributed by atoms with Gasteiger partial charge < -0.3 is 9.84 Å². The van der Waals surface area contributed by atoms with E-state index in [1.54, 1.807) is 17.8 Å². The smallest absolute Gasteiger partial charge is 0.339 e. The first-order valence-electron chi connectivity index (χ1n) is 5.43. The molecule has 0 aliphatic carbocycles. The number of hydrogen-bond acceptors (Lipinski definition) is 5. The van der Waals surface area contributed by atoms with Crippen LogP contribution in [0.25, 0.3) is 0 Å². The van der Waals surface area contributed by atoms with Crippen LogP contribution >= 0.6 is 11.8 Å². The van der Waals surface area contributed by atoms with Crippen LogP contribution < -0.4 is 0 Å². The Labute approximate surface area is 105 Å². The minimum absolute atomic E-state index is 0.211. The molecule has 17 heavy (non-hydrogen) atoms. The summed E-state index contributed by atoms with van der Waals surface area (Å²) < 4.78 is 4.59. The van der Waals surface area contributed by atoms with Crippen LogP contribution in [0.5, 0.6) is 0 Å². The fourth-order valence-corrected chi connectivity index (χ4v) is 2.14. The number of esters is 1. The van der Waals surface area contributed by atoms with Gasteiger partial charge in [-0.25, -0.2) is 4.79 Å². The average Bonchev–Trinajstić information content (AvgIpc) is 2.36. The summed E-state index contributed by atoms with van der Waals surface area (Å²) in [5.41, 5.74) is 1.39. The Kier molecular flexibility index (Phi) is 6.00. The van der Waals surface area contributed by atoms with E-state index in [-0.39, 0.29) is 12.6 Å². The van der Waals surface area contributed by atoms with Gasteiger partial charge in [0.25, 0.3) is 0 Å². The van der Waals surface area contributed by atoms with Crippen LogP contribution in [0.2, 0.25) is 0 Å². The number of thioether (sulfide) groups is 1. The number of aromatic nitrogens is 1. The molecule has 1 atom stereocenters. The molecule has 0 fully saturated rings. The fraction of sp³-hybridized carbons (Fsp3) is 0.500. The van der Waals surface area contributed by atoms with Crippen molar-refractivity contribution >= 4 is 17.7 Å². The molecule has 0 aromatic carbocycles. The summed E-state index contributed by atoms with van der Waals surface area (Å²) in [5, 5.41) is 9.18. The molecule has 1 rings (SSSR count). The Morgan fingerprint density at radius 2 is 2.35 bits per heavy atom. The highest BCUT2D eigenvalue weighted by Gasteiger charge is 2.06. The third-order valence-corrected chi connectivity index (χ3v) is 3.56. The van der Waals surface area contributed by atoms with Crippen LogP contribution in [-0.2, 0) is 10.5 Å². The number of carbonyl (C=O) groups is 1. The second kappa shape index (κ2) is 7.29. The maximum atomic E-state index is 11.2. The molecular formula is C12H17NO3S. The Bertz CT molecular complexity index is 353. The Morgan fingerprint density at radius 1 is 1.59 bits per heavy atom. The summed E-state index contributed by atoms with van der Waals surface area (Å²) >= 11 is 1.74. The van der Waals surface area contributed by atoms with Crippen LogP contribution in [0.1, 0.15) is 29.4 Å². The van der Waals surface area contributed by atoms with Crippen LogP contribution in [0, 0.1) is 0 Å². The molecule has 1 N–H and O–H groups in total. The molecule has 0 saturated heterocycles. The van der Waals surface area contributed by atoms with E-state index in [9.17, 15) is 4.79 Å². The van der Waals surface area contributed by atoms with E-state index in [0.717, 1.165) is 17.9 Å². The predicted octanol–water partition coefficient (Wildman–Crippen LogP) is 1.87. The lowest BCUT2D eigenvalue weighted by Gasteiger charge is -2.08. The first kappa shape index (κ1) is 14.0. The van der Waals surface area contributed by atoms with E-state index in [1.165, 1.54) is 13.3 Å². The van der Waals surface area contributed by atoms with Crippen molar-refractivity contribution < 1.29 is 14.6 Å². The Hall–Kier alpha value is -1.07. The number of nitrogens with zero attached hydrogens (tertiary/aromatic N) is 1. The van der Waals surface area contributed by atoms with Gasteiger partial charge in [0.15, 0.2) is 0 Å². The van der Waals surface area contributed by atoms with Gasteiger partial charge in [-0.3, -0.25) is 4.98 Å². The minimum Gasteiger partial charge on any atom is -0.465 e. The van der Waals surface area contributed by atoms with Gasteiger partial charge in [0.2, 0.25) is 0 Å². The van der Waals surface area contributed by atoms with E-state index in [2.05, 4.69) is 16.6 Å². The van der Waals surface area contributed by atoms with Crippen molar-refractivity contribution in [2.75, 3.05) is 13.7 Å². The lowest BCUT2D eigenvalue weighted by atomic mass is 10.2. The van der Waals surface area contributed by atoms with Crippen LogP contribution in [0.4, 0.5) is 0 Å². The normalized spacial score (nSPS) is 12.2. The molecule has 0 saturated carbocycles. The molecule has 1 aromatic rings. The largest absolute Gasteiger partial charge is 0.465 e. The van der Waals surface area contributed by atoms with E-state index in [4.69, 9.17) is 5.11 Å². The summed E-state index contributed by atoms with van der Waals surface area (Å²) in [6.07, 6.45) is 2.31. The number of carbonyl (C=O) groups excluding carboxylic acids is 1. The number of aliphatic hydroxyl groups excluding tert-OH is 1. The third kappa shape index (κ3) is 4.75. The molecule has 0 amide bonds. The topological polar surface area (TPSA) is 59.4 Å². The van der Waals surface area contributed by atoms with Crippen molar-refractivity contribution in [2.45, 2.75) is 24.3 Å². The highest BCUT2D eigenvalue weighted by atomic mass is 32.2. The first-order valence-corrected chi connectivity index (χ1v) is 6.48. The van der Waals surface area contributed by atoms with Crippen LogP contribution in [0.15, 0.2) is 18.3 Å². The standard InChI is InChI=1S/C12H17NO3S/c1-9(5-6-14)17-8-11-4-3-10(7-13-11)12(15)16-2/h3-4,7,9,14H,5-6,8H2,1-2H3. The van der Waals surface area contributed by atoms with Crippen molar-refractivity contribution in [1.29, 1.82) is 0 Å². The molecule has 0 aliphatic rings. The van der Waals surface area contributed by atoms with E-state index < -0.39 is 0 Å². The summed E-state index contributed by atoms with van der Waals surface area (Å²) in [7, 11) is 1.35. The molecule has 0 bridgehead atoms. The van der Waals surface area contributed by atoms with E-state index >= 15 is 0 Å². The van der Waals surface area contributed by atoms with Crippen molar-refractivity contribution in [1.82, 2.24) is 4.98 Å². The van der Waals surface area contributed by atoms with Gasteiger partial charge in [-0.1, -0.05) is 6.92 Å². The summed E-state index contributed by atoms with van der Waals surface area (Å²) in [5.74, 6) is 0.410. The average molecular weight is 255 g/mol. The molecule has 0 aliphatic heterocycles. The number of methoxy groups -OCH3 is 1. The Balaban J connectivity index is 2.48. The Morgan fingerprint density at radius 3 is 2.88 bits per heavy atom. The molecular weight excluding hydrogens is 238 g/mol. The zero-order chi connectivity index (χ0) is 12.7. The highest BCUT2D eigenvalue weighted by molar-refractivity contribution is 7.99. The fourth-order valence-electron chi connectivity index (χ4n) is 1.24. The lowest BCUT2D eigenvalue weighted by molar-refractivity contribution is 0.0600. The van der Waals surface area contributed by atoms with Gasteiger partial charge in [0.1, 0.15) is 0 Å². The number of pyridine rings is 1. The van der Waals surface area contributed by atoms with Crippen molar-refractivity contribution in [2.24, 2.45) is 0 Å². The molecule has 1 aromatic heterocycles. The minimum atomic E-state index is -0.370. The van der Waals surface area contributed by atoms with Crippen LogP contribution in [-0.4, -0.2) is 35.0 Å². The van der Waals surface area contributed by atoms with Gasteiger partial charge in [-0.05, 0) is 18.6 Å². The first-order chi connectivity index (χ1) is 8.17. The molecule has 5 heteroatoms. The SMILES string of the molecule is COC(=O)c1ccc(CSC(C)CCO)nc1. The predicted molar refractivity (Wildman–Crippen MR) is 68.0 cm³/mol. The van der Waals surface area contributed by atoms with Crippen LogP contribution in [0.3, 0.4) is 0 Å². The van der Waals surface area contributed by atoms with Crippen molar-refractivity contribution in [3.05, 3.63) is 29.6 Å². The number of aliphatic hydroxyl groups is 1. The zero-order valence-corrected chi connectivity index (χ0v) is 10.9. The monoisotopic (exact) mass is 255 g/mol. The summed E-state index contributed by atoms with van der Waals surface area (Å²) in [4.78, 5) is 15.4.